The monoisotopic (exact) mass is 255 g/mol. The average Bonchev–Trinajstić information content (AvgIpc) is 2.47. The van der Waals surface area contributed by atoms with Gasteiger partial charge >= 0.3 is 0 Å². The first-order valence-electron chi connectivity index (χ1n) is 6.20. The molecule has 0 spiro atoms. The number of carbonyl (C=O) groups is 1. The molecule has 3 heteroatoms. The molecule has 0 aliphatic rings. The van der Waals surface area contributed by atoms with Crippen molar-refractivity contribution in [1.29, 1.82) is 0 Å². The highest BCUT2D eigenvalue weighted by Gasteiger charge is 2.15. The van der Waals surface area contributed by atoms with Crippen LogP contribution in [0.3, 0.4) is 0 Å². The lowest BCUT2D eigenvalue weighted by molar-refractivity contribution is -0.117. The first-order chi connectivity index (χ1) is 9.20. The van der Waals surface area contributed by atoms with Crippen LogP contribution in [0.5, 0.6) is 5.75 Å². The van der Waals surface area contributed by atoms with Crippen molar-refractivity contribution in [2.45, 2.75) is 12.8 Å². The number of para-hydroxylation sites is 1. The van der Waals surface area contributed by atoms with Gasteiger partial charge in [0.05, 0.1) is 13.0 Å². The Balaban J connectivity index is 2.06. The van der Waals surface area contributed by atoms with Gasteiger partial charge in [-0.05, 0) is 36.8 Å². The maximum absolute atomic E-state index is 12.1. The average molecular weight is 255 g/mol. The van der Waals surface area contributed by atoms with E-state index in [4.69, 9.17) is 4.74 Å². The van der Waals surface area contributed by atoms with Gasteiger partial charge in [0.2, 0.25) is 5.91 Å². The second-order valence-electron chi connectivity index (χ2n) is 4.35. The van der Waals surface area contributed by atoms with Crippen LogP contribution in [-0.4, -0.2) is 13.0 Å². The quantitative estimate of drug-likeness (QED) is 0.908. The van der Waals surface area contributed by atoms with Gasteiger partial charge in [0.25, 0.3) is 0 Å². The Morgan fingerprint density at radius 1 is 1.05 bits per heavy atom. The lowest BCUT2D eigenvalue weighted by Crippen LogP contribution is -2.18. The van der Waals surface area contributed by atoms with E-state index in [1.54, 1.807) is 7.11 Å². The number of methoxy groups -OCH3 is 1. The Hall–Kier alpha value is -2.29. The molecular formula is C16H17NO2. The lowest BCUT2D eigenvalue weighted by atomic mass is 10.0. The molecule has 1 unspecified atom stereocenters. The Morgan fingerprint density at radius 3 is 2.26 bits per heavy atom. The molecule has 1 amide bonds. The van der Waals surface area contributed by atoms with E-state index in [0.717, 1.165) is 17.0 Å². The molecule has 2 aromatic carbocycles. The predicted molar refractivity (Wildman–Crippen MR) is 76.5 cm³/mol. The zero-order valence-corrected chi connectivity index (χ0v) is 11.1. The largest absolute Gasteiger partial charge is 0.497 e. The van der Waals surface area contributed by atoms with Crippen molar-refractivity contribution >= 4 is 11.6 Å². The second-order valence-corrected chi connectivity index (χ2v) is 4.35. The fourth-order valence-corrected chi connectivity index (χ4v) is 1.82. The molecule has 0 bridgehead atoms. The molecule has 0 aliphatic heterocycles. The first-order valence-corrected chi connectivity index (χ1v) is 6.20. The molecule has 0 heterocycles. The summed E-state index contributed by atoms with van der Waals surface area (Å²) >= 11 is 0. The third-order valence-electron chi connectivity index (χ3n) is 3.05. The first kappa shape index (κ1) is 13.1. The summed E-state index contributed by atoms with van der Waals surface area (Å²) in [6.07, 6.45) is 0. The van der Waals surface area contributed by atoms with Crippen LogP contribution in [0.15, 0.2) is 54.6 Å². The summed E-state index contributed by atoms with van der Waals surface area (Å²) in [6.45, 7) is 1.89. The molecule has 1 atom stereocenters. The topological polar surface area (TPSA) is 38.3 Å². The van der Waals surface area contributed by atoms with E-state index in [1.165, 1.54) is 0 Å². The van der Waals surface area contributed by atoms with Crippen molar-refractivity contribution < 1.29 is 9.53 Å². The minimum atomic E-state index is -0.203. The minimum absolute atomic E-state index is 0.0173. The third kappa shape index (κ3) is 3.35. The maximum atomic E-state index is 12.1. The fourth-order valence-electron chi connectivity index (χ4n) is 1.82. The highest BCUT2D eigenvalue weighted by atomic mass is 16.5. The number of nitrogens with one attached hydrogen (secondary N) is 1. The maximum Gasteiger partial charge on any atom is 0.231 e. The molecule has 1 N–H and O–H groups in total. The van der Waals surface area contributed by atoms with Crippen molar-refractivity contribution in [3.05, 3.63) is 60.2 Å². The number of anilines is 1. The van der Waals surface area contributed by atoms with Crippen molar-refractivity contribution in [3.8, 4) is 5.75 Å². The van der Waals surface area contributed by atoms with Crippen LogP contribution in [0.4, 0.5) is 5.69 Å². The van der Waals surface area contributed by atoms with Gasteiger partial charge in [-0.3, -0.25) is 4.79 Å². The predicted octanol–water partition coefficient (Wildman–Crippen LogP) is 3.44. The molecule has 3 nitrogen and oxygen atoms in total. The molecule has 0 fully saturated rings. The van der Waals surface area contributed by atoms with Crippen molar-refractivity contribution in [2.24, 2.45) is 0 Å². The van der Waals surface area contributed by atoms with Crippen LogP contribution >= 0.6 is 0 Å². The zero-order chi connectivity index (χ0) is 13.7. The molecule has 0 saturated heterocycles. The summed E-state index contributed by atoms with van der Waals surface area (Å²) in [5.41, 5.74) is 1.78. The van der Waals surface area contributed by atoms with Crippen molar-refractivity contribution in [2.75, 3.05) is 12.4 Å². The van der Waals surface area contributed by atoms with E-state index < -0.39 is 0 Å². The van der Waals surface area contributed by atoms with Crippen LogP contribution in [-0.2, 0) is 4.79 Å². The molecule has 0 saturated carbocycles. The smallest absolute Gasteiger partial charge is 0.231 e. The van der Waals surface area contributed by atoms with E-state index in [2.05, 4.69) is 5.32 Å². The molecule has 0 aliphatic carbocycles. The molecule has 0 radical (unpaired) electrons. The van der Waals surface area contributed by atoms with E-state index in [-0.39, 0.29) is 11.8 Å². The number of ether oxygens (including phenoxy) is 1. The van der Waals surface area contributed by atoms with E-state index in [9.17, 15) is 4.79 Å². The van der Waals surface area contributed by atoms with Gasteiger partial charge in [-0.2, -0.15) is 0 Å². The van der Waals surface area contributed by atoms with Gasteiger partial charge in [-0.25, -0.2) is 0 Å². The van der Waals surface area contributed by atoms with Crippen molar-refractivity contribution in [1.82, 2.24) is 0 Å². The molecule has 2 rings (SSSR count). The SMILES string of the molecule is COc1ccc(C(C)C(=O)Nc2ccccc2)cc1. The fraction of sp³-hybridized carbons (Fsp3) is 0.188. The highest BCUT2D eigenvalue weighted by molar-refractivity contribution is 5.95. The minimum Gasteiger partial charge on any atom is -0.497 e. The molecule has 19 heavy (non-hydrogen) atoms. The van der Waals surface area contributed by atoms with Crippen LogP contribution in [0, 0.1) is 0 Å². The van der Waals surface area contributed by atoms with Crippen LogP contribution in [0.25, 0.3) is 0 Å². The van der Waals surface area contributed by atoms with E-state index >= 15 is 0 Å². The number of amides is 1. The van der Waals surface area contributed by atoms with Gasteiger partial charge in [-0.1, -0.05) is 30.3 Å². The molecular weight excluding hydrogens is 238 g/mol. The zero-order valence-electron chi connectivity index (χ0n) is 11.1. The Labute approximate surface area is 113 Å². The number of benzene rings is 2. The number of carbonyl (C=O) groups excluding carboxylic acids is 1. The molecule has 0 aromatic heterocycles. The summed E-state index contributed by atoms with van der Waals surface area (Å²) in [5.74, 6) is 0.571. The van der Waals surface area contributed by atoms with Crippen LogP contribution in [0.2, 0.25) is 0 Å². The summed E-state index contributed by atoms with van der Waals surface area (Å²) < 4.78 is 5.10. The highest BCUT2D eigenvalue weighted by Crippen LogP contribution is 2.20. The Morgan fingerprint density at radius 2 is 1.68 bits per heavy atom. The van der Waals surface area contributed by atoms with Gasteiger partial charge < -0.3 is 10.1 Å². The van der Waals surface area contributed by atoms with E-state index in [1.807, 2.05) is 61.5 Å². The van der Waals surface area contributed by atoms with Crippen molar-refractivity contribution in [3.63, 3.8) is 0 Å². The summed E-state index contributed by atoms with van der Waals surface area (Å²) in [6, 6.07) is 17.0. The third-order valence-corrected chi connectivity index (χ3v) is 3.05. The van der Waals surface area contributed by atoms with Gasteiger partial charge in [0.1, 0.15) is 5.75 Å². The summed E-state index contributed by atoms with van der Waals surface area (Å²) in [5, 5.41) is 2.90. The Kier molecular flexibility index (Phi) is 4.18. The second kappa shape index (κ2) is 6.05. The van der Waals surface area contributed by atoms with Gasteiger partial charge in [0, 0.05) is 5.69 Å². The number of hydrogen-bond acceptors (Lipinski definition) is 2. The van der Waals surface area contributed by atoms with E-state index in [0.29, 0.717) is 0 Å². The molecule has 98 valence electrons. The van der Waals surface area contributed by atoms with Crippen LogP contribution < -0.4 is 10.1 Å². The standard InChI is InChI=1S/C16H17NO2/c1-12(13-8-10-15(19-2)11-9-13)16(18)17-14-6-4-3-5-7-14/h3-12H,1-2H3,(H,17,18). The summed E-state index contributed by atoms with van der Waals surface area (Å²) in [7, 11) is 1.63. The lowest BCUT2D eigenvalue weighted by Gasteiger charge is -2.13. The number of hydrogen-bond donors (Lipinski definition) is 1. The Bertz CT molecular complexity index is 534. The van der Waals surface area contributed by atoms with Gasteiger partial charge in [0.15, 0.2) is 0 Å². The molecule has 2 aromatic rings. The normalized spacial score (nSPS) is 11.7. The van der Waals surface area contributed by atoms with Gasteiger partial charge in [-0.15, -0.1) is 0 Å². The number of rotatable bonds is 4. The summed E-state index contributed by atoms with van der Waals surface area (Å²) in [4.78, 5) is 12.1. The van der Waals surface area contributed by atoms with Crippen LogP contribution in [0.1, 0.15) is 18.4 Å².